The molecule has 0 amide bonds. The zero-order valence-electron chi connectivity index (χ0n) is 19.1. The summed E-state index contributed by atoms with van der Waals surface area (Å²) in [6.45, 7) is 0.600. The number of allylic oxidation sites excluding steroid dienone is 3. The predicted octanol–water partition coefficient (Wildman–Crippen LogP) is 4.10. The van der Waals surface area contributed by atoms with Crippen LogP contribution in [0.5, 0.6) is 17.2 Å². The number of nitriles is 1. The summed E-state index contributed by atoms with van der Waals surface area (Å²) in [6.07, 6.45) is 5.76. The van der Waals surface area contributed by atoms with E-state index in [1.165, 1.54) is 21.3 Å². The number of carbonyl (C=O) groups is 1. The van der Waals surface area contributed by atoms with E-state index in [2.05, 4.69) is 11.1 Å². The van der Waals surface area contributed by atoms with Crippen LogP contribution in [0.3, 0.4) is 0 Å². The molecule has 34 heavy (non-hydrogen) atoms. The van der Waals surface area contributed by atoms with Gasteiger partial charge in [-0.2, -0.15) is 5.26 Å². The Balaban J connectivity index is 1.64. The summed E-state index contributed by atoms with van der Waals surface area (Å²) < 4.78 is 21.5. The molecule has 0 saturated heterocycles. The first-order valence-corrected chi connectivity index (χ1v) is 10.5. The van der Waals surface area contributed by atoms with Crippen molar-refractivity contribution in [3.8, 4) is 23.3 Å². The molecule has 0 saturated carbocycles. The van der Waals surface area contributed by atoms with Crippen molar-refractivity contribution in [3.05, 3.63) is 88.9 Å². The van der Waals surface area contributed by atoms with E-state index in [1.807, 2.05) is 47.6 Å². The normalized spacial score (nSPS) is 16.3. The number of esters is 1. The quantitative estimate of drug-likeness (QED) is 0.456. The van der Waals surface area contributed by atoms with E-state index < -0.39 is 5.97 Å². The van der Waals surface area contributed by atoms with Crippen LogP contribution in [-0.4, -0.2) is 38.1 Å². The Hall–Kier alpha value is -4.51. The molecular formula is C26H23N3O5. The summed E-state index contributed by atoms with van der Waals surface area (Å²) in [5, 5.41) is 9.49. The first kappa shape index (κ1) is 22.7. The van der Waals surface area contributed by atoms with E-state index in [9.17, 15) is 10.1 Å². The van der Waals surface area contributed by atoms with E-state index >= 15 is 0 Å². The smallest absolute Gasteiger partial charge is 0.363 e. The second kappa shape index (κ2) is 9.96. The third kappa shape index (κ3) is 4.79. The molecule has 2 aliphatic rings. The lowest BCUT2D eigenvalue weighted by molar-refractivity contribution is -0.130. The molecule has 0 N–H and O–H groups in total. The molecule has 0 radical (unpaired) electrons. The number of aliphatic imine (C=N–C) groups is 1. The largest absolute Gasteiger partial charge is 0.493 e. The number of hydrogen-bond donors (Lipinski definition) is 0. The second-order valence-corrected chi connectivity index (χ2v) is 7.55. The highest BCUT2D eigenvalue weighted by Gasteiger charge is 2.27. The third-order valence-electron chi connectivity index (χ3n) is 5.25. The van der Waals surface area contributed by atoms with Crippen LogP contribution >= 0.6 is 0 Å². The molecule has 0 spiro atoms. The first-order chi connectivity index (χ1) is 16.5. The number of ether oxygens (including phenoxy) is 4. The summed E-state index contributed by atoms with van der Waals surface area (Å²) in [4.78, 5) is 18.9. The van der Waals surface area contributed by atoms with Gasteiger partial charge in [0, 0.05) is 30.9 Å². The zero-order valence-corrected chi connectivity index (χ0v) is 19.1. The third-order valence-corrected chi connectivity index (χ3v) is 5.25. The van der Waals surface area contributed by atoms with E-state index in [-0.39, 0.29) is 11.6 Å². The molecule has 0 fully saturated rings. The van der Waals surface area contributed by atoms with Crippen LogP contribution in [0, 0.1) is 11.3 Å². The van der Waals surface area contributed by atoms with Gasteiger partial charge in [0.15, 0.2) is 17.2 Å². The SMILES string of the molecule is COc1cc(C2=N/C(=C\C3=CN(Cc4ccccc4)C=C(C#N)C3)C(=O)O2)cc(OC)c1OC. The van der Waals surface area contributed by atoms with Gasteiger partial charge in [-0.3, -0.25) is 0 Å². The Bertz CT molecular complexity index is 1240. The van der Waals surface area contributed by atoms with Gasteiger partial charge in [0.25, 0.3) is 0 Å². The minimum absolute atomic E-state index is 0.129. The maximum atomic E-state index is 12.6. The molecule has 8 heteroatoms. The fourth-order valence-electron chi connectivity index (χ4n) is 3.72. The fourth-order valence-corrected chi connectivity index (χ4v) is 3.72. The first-order valence-electron chi connectivity index (χ1n) is 10.5. The summed E-state index contributed by atoms with van der Waals surface area (Å²) in [5.41, 5.74) is 3.12. The maximum Gasteiger partial charge on any atom is 0.363 e. The number of hydrogen-bond acceptors (Lipinski definition) is 8. The molecule has 0 aliphatic carbocycles. The molecule has 8 nitrogen and oxygen atoms in total. The number of carbonyl (C=O) groups excluding carboxylic acids is 1. The topological polar surface area (TPSA) is 93.4 Å². The van der Waals surface area contributed by atoms with Crippen molar-refractivity contribution < 1.29 is 23.7 Å². The molecule has 2 heterocycles. The van der Waals surface area contributed by atoms with Crippen molar-refractivity contribution in [1.29, 1.82) is 5.26 Å². The van der Waals surface area contributed by atoms with E-state index in [4.69, 9.17) is 18.9 Å². The van der Waals surface area contributed by atoms with Crippen LogP contribution < -0.4 is 14.2 Å². The van der Waals surface area contributed by atoms with Crippen LogP contribution in [0.15, 0.2) is 82.8 Å². The number of rotatable bonds is 7. The number of benzene rings is 2. The van der Waals surface area contributed by atoms with Gasteiger partial charge in [0.1, 0.15) is 0 Å². The predicted molar refractivity (Wildman–Crippen MR) is 125 cm³/mol. The van der Waals surface area contributed by atoms with Gasteiger partial charge >= 0.3 is 5.97 Å². The second-order valence-electron chi connectivity index (χ2n) is 7.55. The molecule has 0 aromatic heterocycles. The standard InChI is InChI=1S/C26H23N3O5/c1-31-22-11-20(12-23(32-2)24(22)33-3)25-28-21(26(30)34-25)10-18-9-19(13-27)16-29(15-18)14-17-7-5-4-6-8-17/h4-8,10-12,15-16H,9,14H2,1-3H3/b21-10-. The van der Waals surface area contributed by atoms with Crippen LogP contribution in [0.25, 0.3) is 0 Å². The molecule has 0 bridgehead atoms. The minimum Gasteiger partial charge on any atom is -0.493 e. The average Bonchev–Trinajstić information content (AvgIpc) is 3.23. The van der Waals surface area contributed by atoms with Gasteiger partial charge in [-0.25, -0.2) is 9.79 Å². The Morgan fingerprint density at radius 2 is 1.79 bits per heavy atom. The van der Waals surface area contributed by atoms with Crippen molar-refractivity contribution in [2.45, 2.75) is 13.0 Å². The van der Waals surface area contributed by atoms with Crippen LogP contribution in [0.1, 0.15) is 17.5 Å². The van der Waals surface area contributed by atoms with Crippen molar-refractivity contribution in [2.75, 3.05) is 21.3 Å². The van der Waals surface area contributed by atoms with Crippen molar-refractivity contribution in [1.82, 2.24) is 4.90 Å². The van der Waals surface area contributed by atoms with Crippen molar-refractivity contribution in [3.63, 3.8) is 0 Å². The molecule has 0 unspecified atom stereocenters. The van der Waals surface area contributed by atoms with Crippen molar-refractivity contribution >= 4 is 11.9 Å². The summed E-state index contributed by atoms with van der Waals surface area (Å²) in [5.74, 6) is 0.819. The molecule has 2 aromatic carbocycles. The summed E-state index contributed by atoms with van der Waals surface area (Å²) >= 11 is 0. The lowest BCUT2D eigenvalue weighted by Gasteiger charge is -2.22. The van der Waals surface area contributed by atoms with Crippen molar-refractivity contribution in [2.24, 2.45) is 4.99 Å². The Morgan fingerprint density at radius 3 is 2.41 bits per heavy atom. The van der Waals surface area contributed by atoms with E-state index in [1.54, 1.807) is 18.2 Å². The molecule has 4 rings (SSSR count). The maximum absolute atomic E-state index is 12.6. The summed E-state index contributed by atoms with van der Waals surface area (Å²) in [7, 11) is 4.52. The number of nitrogens with zero attached hydrogens (tertiary/aromatic N) is 3. The zero-order chi connectivity index (χ0) is 24.1. The highest BCUT2D eigenvalue weighted by Crippen LogP contribution is 2.39. The van der Waals surface area contributed by atoms with Crippen LogP contribution in [0.4, 0.5) is 0 Å². The highest BCUT2D eigenvalue weighted by molar-refractivity contribution is 6.11. The van der Waals surface area contributed by atoms with Crippen LogP contribution in [0.2, 0.25) is 0 Å². The lowest BCUT2D eigenvalue weighted by atomic mass is 10.0. The van der Waals surface area contributed by atoms with E-state index in [0.717, 1.165) is 11.1 Å². The summed E-state index contributed by atoms with van der Waals surface area (Å²) in [6, 6.07) is 15.5. The van der Waals surface area contributed by atoms with Gasteiger partial charge in [-0.15, -0.1) is 0 Å². The van der Waals surface area contributed by atoms with Gasteiger partial charge in [0.05, 0.1) is 33.0 Å². The monoisotopic (exact) mass is 457 g/mol. The van der Waals surface area contributed by atoms with E-state index in [0.29, 0.717) is 41.4 Å². The highest BCUT2D eigenvalue weighted by atomic mass is 16.6. The molecule has 0 atom stereocenters. The average molecular weight is 457 g/mol. The Kier molecular flexibility index (Phi) is 6.64. The van der Waals surface area contributed by atoms with Crippen LogP contribution in [-0.2, 0) is 16.1 Å². The van der Waals surface area contributed by atoms with Gasteiger partial charge in [-0.1, -0.05) is 30.3 Å². The Labute approximate surface area is 197 Å². The minimum atomic E-state index is -0.577. The lowest BCUT2D eigenvalue weighted by Crippen LogP contribution is -2.15. The molecule has 2 aliphatic heterocycles. The molecule has 2 aromatic rings. The number of methoxy groups -OCH3 is 3. The molecular weight excluding hydrogens is 434 g/mol. The Morgan fingerprint density at radius 1 is 1.09 bits per heavy atom. The number of cyclic esters (lactones) is 1. The van der Waals surface area contributed by atoms with Gasteiger partial charge < -0.3 is 23.8 Å². The van der Waals surface area contributed by atoms with Gasteiger partial charge in [0.2, 0.25) is 11.6 Å². The molecule has 172 valence electrons. The fraction of sp³-hybridized carbons (Fsp3) is 0.192. The van der Waals surface area contributed by atoms with Gasteiger partial charge in [-0.05, 0) is 29.3 Å².